The summed E-state index contributed by atoms with van der Waals surface area (Å²) < 4.78 is 1.68. The fraction of sp³-hybridized carbons (Fsp3) is 0.400. The number of rotatable bonds is 2. The summed E-state index contributed by atoms with van der Waals surface area (Å²) in [7, 11) is 0. The molecule has 0 aliphatic carbocycles. The molecule has 0 unspecified atom stereocenters. The summed E-state index contributed by atoms with van der Waals surface area (Å²) in [4.78, 5) is 3.76. The summed E-state index contributed by atoms with van der Waals surface area (Å²) >= 11 is 0. The molecule has 0 bridgehead atoms. The maximum Gasteiger partial charge on any atom is 0.200 e. The first-order valence-corrected chi connectivity index (χ1v) is 2.72. The minimum absolute atomic E-state index is 0.0978. The van der Waals surface area contributed by atoms with E-state index in [0.717, 1.165) is 0 Å². The predicted molar refractivity (Wildman–Crippen MR) is 33.7 cm³/mol. The molecule has 0 amide bonds. The minimum Gasteiger partial charge on any atom is -0.395 e. The zero-order valence-electron chi connectivity index (χ0n) is 4.99. The van der Waals surface area contributed by atoms with Crippen LogP contribution in [0.1, 0.15) is 0 Å². The maximum absolute atomic E-state index is 8.46. The summed E-state index contributed by atoms with van der Waals surface area (Å²) in [5.74, 6) is 0.448. The number of hydrogen-bond donors (Lipinski definition) is 2. The van der Waals surface area contributed by atoms with Gasteiger partial charge in [0.2, 0.25) is 0 Å². The Bertz CT molecular complexity index is 184. The lowest BCUT2D eigenvalue weighted by molar-refractivity contribution is 0.277. The molecule has 1 aromatic heterocycles. The van der Waals surface area contributed by atoms with E-state index in [1.54, 1.807) is 17.0 Å². The third-order valence-electron chi connectivity index (χ3n) is 1.09. The monoisotopic (exact) mass is 127 g/mol. The third-order valence-corrected chi connectivity index (χ3v) is 1.09. The molecule has 0 saturated carbocycles. The largest absolute Gasteiger partial charge is 0.395 e. The molecule has 0 aliphatic heterocycles. The van der Waals surface area contributed by atoms with Gasteiger partial charge >= 0.3 is 0 Å². The first-order valence-electron chi connectivity index (χ1n) is 2.72. The number of nitrogens with two attached hydrogens (primary N) is 1. The molecule has 0 fully saturated rings. The van der Waals surface area contributed by atoms with Crippen molar-refractivity contribution < 1.29 is 5.11 Å². The van der Waals surface area contributed by atoms with Crippen LogP contribution in [0.15, 0.2) is 12.4 Å². The number of hydrogen-bond acceptors (Lipinski definition) is 3. The lowest BCUT2D eigenvalue weighted by atomic mass is 10.6. The van der Waals surface area contributed by atoms with E-state index in [4.69, 9.17) is 10.8 Å². The van der Waals surface area contributed by atoms with E-state index >= 15 is 0 Å². The second-order valence-electron chi connectivity index (χ2n) is 1.70. The predicted octanol–water partition coefficient (Wildman–Crippen LogP) is -0.542. The Balaban J connectivity index is 2.69. The van der Waals surface area contributed by atoms with Gasteiger partial charge in [-0.2, -0.15) is 0 Å². The van der Waals surface area contributed by atoms with Crippen molar-refractivity contribution in [3.05, 3.63) is 12.4 Å². The molecule has 1 aromatic rings. The first kappa shape index (κ1) is 6.10. The van der Waals surface area contributed by atoms with Crippen molar-refractivity contribution in [1.29, 1.82) is 0 Å². The Hall–Kier alpha value is -1.03. The lowest BCUT2D eigenvalue weighted by Gasteiger charge is -1.98. The second kappa shape index (κ2) is 2.50. The summed E-state index contributed by atoms with van der Waals surface area (Å²) in [6.07, 6.45) is 3.33. The van der Waals surface area contributed by atoms with Crippen LogP contribution in [0.25, 0.3) is 0 Å². The van der Waals surface area contributed by atoms with Crippen molar-refractivity contribution in [3.8, 4) is 0 Å². The van der Waals surface area contributed by atoms with Crippen LogP contribution in [-0.4, -0.2) is 21.3 Å². The molecular formula is C5H9N3O. The van der Waals surface area contributed by atoms with Gasteiger partial charge in [-0.3, -0.25) is 0 Å². The van der Waals surface area contributed by atoms with Crippen LogP contribution in [0.4, 0.5) is 5.95 Å². The van der Waals surface area contributed by atoms with Crippen molar-refractivity contribution in [2.75, 3.05) is 12.3 Å². The van der Waals surface area contributed by atoms with Gasteiger partial charge in [0.25, 0.3) is 0 Å². The molecule has 3 N–H and O–H groups in total. The van der Waals surface area contributed by atoms with Crippen LogP contribution in [0.2, 0.25) is 0 Å². The van der Waals surface area contributed by atoms with Gasteiger partial charge in [-0.05, 0) is 0 Å². The Morgan fingerprint density at radius 2 is 2.56 bits per heavy atom. The highest BCUT2D eigenvalue weighted by Crippen LogP contribution is 1.95. The molecule has 1 rings (SSSR count). The Morgan fingerprint density at radius 1 is 1.78 bits per heavy atom. The highest BCUT2D eigenvalue weighted by atomic mass is 16.3. The zero-order valence-corrected chi connectivity index (χ0v) is 4.99. The molecule has 0 aliphatic rings. The normalized spacial score (nSPS) is 9.89. The summed E-state index contributed by atoms with van der Waals surface area (Å²) in [6, 6.07) is 0. The SMILES string of the molecule is Nc1nccn1CCO. The van der Waals surface area contributed by atoms with Crippen LogP contribution in [0.3, 0.4) is 0 Å². The summed E-state index contributed by atoms with van der Waals surface area (Å²) in [6.45, 7) is 0.617. The summed E-state index contributed by atoms with van der Waals surface area (Å²) in [5.41, 5.74) is 5.37. The van der Waals surface area contributed by atoms with Crippen molar-refractivity contribution in [2.24, 2.45) is 0 Å². The lowest BCUT2D eigenvalue weighted by Crippen LogP contribution is -2.04. The van der Waals surface area contributed by atoms with E-state index in [-0.39, 0.29) is 6.61 Å². The van der Waals surface area contributed by atoms with Gasteiger partial charge in [-0.25, -0.2) is 4.98 Å². The average Bonchev–Trinajstić information content (AvgIpc) is 2.18. The number of nitrogens with zero attached hydrogens (tertiary/aromatic N) is 2. The first-order chi connectivity index (χ1) is 4.34. The van der Waals surface area contributed by atoms with Gasteiger partial charge in [0, 0.05) is 18.9 Å². The third kappa shape index (κ3) is 1.20. The molecule has 9 heavy (non-hydrogen) atoms. The molecule has 0 saturated heterocycles. The van der Waals surface area contributed by atoms with E-state index in [1.165, 1.54) is 0 Å². The number of aliphatic hydroxyl groups excluding tert-OH is 1. The van der Waals surface area contributed by atoms with Gasteiger partial charge in [0.15, 0.2) is 5.95 Å². The van der Waals surface area contributed by atoms with E-state index < -0.39 is 0 Å². The van der Waals surface area contributed by atoms with Crippen LogP contribution in [-0.2, 0) is 6.54 Å². The maximum atomic E-state index is 8.46. The number of aromatic nitrogens is 2. The van der Waals surface area contributed by atoms with Crippen molar-refractivity contribution in [1.82, 2.24) is 9.55 Å². The van der Waals surface area contributed by atoms with Crippen molar-refractivity contribution in [2.45, 2.75) is 6.54 Å². The molecule has 0 atom stereocenters. The molecule has 4 heteroatoms. The van der Waals surface area contributed by atoms with Crippen LogP contribution in [0.5, 0.6) is 0 Å². The molecule has 0 aromatic carbocycles. The fourth-order valence-electron chi connectivity index (χ4n) is 0.638. The zero-order chi connectivity index (χ0) is 6.69. The fourth-order valence-corrected chi connectivity index (χ4v) is 0.638. The number of imidazole rings is 1. The minimum atomic E-state index is 0.0978. The van der Waals surface area contributed by atoms with Crippen LogP contribution in [0, 0.1) is 0 Å². The number of anilines is 1. The van der Waals surface area contributed by atoms with Crippen LogP contribution < -0.4 is 5.73 Å². The van der Waals surface area contributed by atoms with Crippen molar-refractivity contribution in [3.63, 3.8) is 0 Å². The van der Waals surface area contributed by atoms with E-state index in [2.05, 4.69) is 4.98 Å². The second-order valence-corrected chi connectivity index (χ2v) is 1.70. The average molecular weight is 127 g/mol. The quantitative estimate of drug-likeness (QED) is 0.560. The highest BCUT2D eigenvalue weighted by molar-refractivity contribution is 5.16. The van der Waals surface area contributed by atoms with E-state index in [9.17, 15) is 0 Å². The van der Waals surface area contributed by atoms with E-state index in [1.807, 2.05) is 0 Å². The molecule has 0 radical (unpaired) electrons. The van der Waals surface area contributed by atoms with Gasteiger partial charge in [0.05, 0.1) is 6.61 Å². The van der Waals surface area contributed by atoms with Gasteiger partial charge in [-0.15, -0.1) is 0 Å². The Kier molecular flexibility index (Phi) is 1.69. The number of nitrogen functional groups attached to an aromatic ring is 1. The molecule has 0 spiro atoms. The molecular weight excluding hydrogens is 118 g/mol. The summed E-state index contributed by atoms with van der Waals surface area (Å²) in [5, 5.41) is 8.46. The highest BCUT2D eigenvalue weighted by Gasteiger charge is 1.92. The Labute approximate surface area is 52.9 Å². The van der Waals surface area contributed by atoms with Gasteiger partial charge in [-0.1, -0.05) is 0 Å². The smallest absolute Gasteiger partial charge is 0.200 e. The molecule has 1 heterocycles. The standard InChI is InChI=1S/C5H9N3O/c6-5-7-1-2-8(5)3-4-9/h1-2,9H,3-4H2,(H2,6,7). The van der Waals surface area contributed by atoms with E-state index in [0.29, 0.717) is 12.5 Å². The van der Waals surface area contributed by atoms with Gasteiger partial charge < -0.3 is 15.4 Å². The topological polar surface area (TPSA) is 64.1 Å². The van der Waals surface area contributed by atoms with Crippen molar-refractivity contribution >= 4 is 5.95 Å². The van der Waals surface area contributed by atoms with Crippen LogP contribution >= 0.6 is 0 Å². The number of aliphatic hydroxyl groups is 1. The molecule has 4 nitrogen and oxygen atoms in total. The molecule has 50 valence electrons. The van der Waals surface area contributed by atoms with Gasteiger partial charge in [0.1, 0.15) is 0 Å². The Morgan fingerprint density at radius 3 is 3.00 bits per heavy atom.